The SMILES string of the molecule is O=C(NC1CC1)c1ccc(NC2CCCCC2)nn1. The fraction of sp³-hybridized carbons (Fsp3) is 0.643. The molecule has 0 radical (unpaired) electrons. The van der Waals surface area contributed by atoms with Crippen molar-refractivity contribution in [2.24, 2.45) is 0 Å². The van der Waals surface area contributed by atoms with E-state index < -0.39 is 0 Å². The zero-order valence-corrected chi connectivity index (χ0v) is 11.1. The highest BCUT2D eigenvalue weighted by Gasteiger charge is 2.24. The Morgan fingerprint density at radius 3 is 2.42 bits per heavy atom. The standard InChI is InChI=1S/C14H20N4O/c19-14(16-11-6-7-11)12-8-9-13(18-17-12)15-10-4-2-1-3-5-10/h8-11H,1-7H2,(H,15,18)(H,16,19). The molecular formula is C14H20N4O. The van der Waals surface area contributed by atoms with Crippen LogP contribution in [-0.2, 0) is 0 Å². The van der Waals surface area contributed by atoms with E-state index in [1.807, 2.05) is 6.07 Å². The average Bonchev–Trinajstić information content (AvgIpc) is 3.25. The van der Waals surface area contributed by atoms with Gasteiger partial charge in [-0.05, 0) is 37.8 Å². The lowest BCUT2D eigenvalue weighted by Crippen LogP contribution is -2.27. The zero-order valence-electron chi connectivity index (χ0n) is 11.1. The van der Waals surface area contributed by atoms with Gasteiger partial charge in [-0.3, -0.25) is 4.79 Å². The maximum Gasteiger partial charge on any atom is 0.272 e. The van der Waals surface area contributed by atoms with Crippen LogP contribution in [0.4, 0.5) is 5.82 Å². The van der Waals surface area contributed by atoms with Crippen LogP contribution in [0.1, 0.15) is 55.4 Å². The smallest absolute Gasteiger partial charge is 0.272 e. The van der Waals surface area contributed by atoms with E-state index in [9.17, 15) is 4.79 Å². The van der Waals surface area contributed by atoms with Gasteiger partial charge in [0.2, 0.25) is 0 Å². The number of hydrogen-bond donors (Lipinski definition) is 2. The quantitative estimate of drug-likeness (QED) is 0.870. The molecule has 5 heteroatoms. The van der Waals surface area contributed by atoms with Crippen molar-refractivity contribution >= 4 is 11.7 Å². The molecule has 2 fully saturated rings. The molecular weight excluding hydrogens is 240 g/mol. The van der Waals surface area contributed by atoms with Crippen molar-refractivity contribution in [3.05, 3.63) is 17.8 Å². The number of hydrogen-bond acceptors (Lipinski definition) is 4. The number of nitrogens with one attached hydrogen (secondary N) is 2. The van der Waals surface area contributed by atoms with Gasteiger partial charge in [0, 0.05) is 12.1 Å². The summed E-state index contributed by atoms with van der Waals surface area (Å²) < 4.78 is 0. The molecule has 2 N–H and O–H groups in total. The topological polar surface area (TPSA) is 66.9 Å². The van der Waals surface area contributed by atoms with E-state index in [-0.39, 0.29) is 5.91 Å². The minimum absolute atomic E-state index is 0.112. The molecule has 3 rings (SSSR count). The maximum atomic E-state index is 11.8. The minimum atomic E-state index is -0.112. The normalized spacial score (nSPS) is 20.0. The lowest BCUT2D eigenvalue weighted by Gasteiger charge is -2.22. The van der Waals surface area contributed by atoms with Crippen molar-refractivity contribution in [2.45, 2.75) is 57.0 Å². The van der Waals surface area contributed by atoms with Crippen LogP contribution in [0.25, 0.3) is 0 Å². The maximum absolute atomic E-state index is 11.8. The molecule has 1 amide bonds. The van der Waals surface area contributed by atoms with Gasteiger partial charge in [-0.2, -0.15) is 0 Å². The monoisotopic (exact) mass is 260 g/mol. The Bertz CT molecular complexity index is 435. The third-order valence-electron chi connectivity index (χ3n) is 3.77. The van der Waals surface area contributed by atoms with Crippen molar-refractivity contribution in [3.63, 3.8) is 0 Å². The summed E-state index contributed by atoms with van der Waals surface area (Å²) in [5.74, 6) is 0.661. The summed E-state index contributed by atoms with van der Waals surface area (Å²) in [5.41, 5.74) is 0.404. The average molecular weight is 260 g/mol. The van der Waals surface area contributed by atoms with Crippen LogP contribution >= 0.6 is 0 Å². The summed E-state index contributed by atoms with van der Waals surface area (Å²) in [4.78, 5) is 11.8. The third kappa shape index (κ3) is 3.43. The molecule has 1 heterocycles. The van der Waals surface area contributed by atoms with E-state index in [4.69, 9.17) is 0 Å². The predicted molar refractivity (Wildman–Crippen MR) is 73.0 cm³/mol. The number of aromatic nitrogens is 2. The van der Waals surface area contributed by atoms with Gasteiger partial charge in [0.15, 0.2) is 5.69 Å². The molecule has 0 unspecified atom stereocenters. The van der Waals surface area contributed by atoms with Gasteiger partial charge < -0.3 is 10.6 Å². The Balaban J connectivity index is 1.56. The Hall–Kier alpha value is -1.65. The van der Waals surface area contributed by atoms with E-state index >= 15 is 0 Å². The van der Waals surface area contributed by atoms with Crippen LogP contribution in [0.2, 0.25) is 0 Å². The molecule has 0 aliphatic heterocycles. The van der Waals surface area contributed by atoms with Gasteiger partial charge in [0.05, 0.1) is 0 Å². The van der Waals surface area contributed by atoms with Gasteiger partial charge >= 0.3 is 0 Å². The Kier molecular flexibility index (Phi) is 3.62. The first-order valence-electron chi connectivity index (χ1n) is 7.22. The van der Waals surface area contributed by atoms with Crippen LogP contribution in [0.5, 0.6) is 0 Å². The lowest BCUT2D eigenvalue weighted by atomic mass is 9.95. The predicted octanol–water partition coefficient (Wildman–Crippen LogP) is 2.11. The number of rotatable bonds is 4. The molecule has 2 saturated carbocycles. The summed E-state index contributed by atoms with van der Waals surface area (Å²) in [5, 5.41) is 14.4. The van der Waals surface area contributed by atoms with Crippen LogP contribution in [0, 0.1) is 0 Å². The molecule has 0 atom stereocenters. The fourth-order valence-corrected chi connectivity index (χ4v) is 2.47. The first kappa shape index (κ1) is 12.4. The first-order valence-corrected chi connectivity index (χ1v) is 7.22. The molecule has 0 aromatic carbocycles. The van der Waals surface area contributed by atoms with Gasteiger partial charge in [0.1, 0.15) is 5.82 Å². The summed E-state index contributed by atoms with van der Waals surface area (Å²) in [7, 11) is 0. The Labute approximate surface area is 113 Å². The highest BCUT2D eigenvalue weighted by atomic mass is 16.2. The fourth-order valence-electron chi connectivity index (χ4n) is 2.47. The van der Waals surface area contributed by atoms with Crippen molar-refractivity contribution < 1.29 is 4.79 Å². The van der Waals surface area contributed by atoms with E-state index in [0.29, 0.717) is 17.8 Å². The summed E-state index contributed by atoms with van der Waals surface area (Å²) in [6.07, 6.45) is 8.47. The highest BCUT2D eigenvalue weighted by molar-refractivity contribution is 5.92. The van der Waals surface area contributed by atoms with Gasteiger partial charge in [-0.1, -0.05) is 19.3 Å². The summed E-state index contributed by atoms with van der Waals surface area (Å²) in [6, 6.07) is 4.46. The first-order chi connectivity index (χ1) is 9.31. The van der Waals surface area contributed by atoms with E-state index in [0.717, 1.165) is 18.7 Å². The number of carbonyl (C=O) groups excluding carboxylic acids is 1. The second kappa shape index (κ2) is 5.55. The second-order valence-electron chi connectivity index (χ2n) is 5.53. The molecule has 1 aromatic heterocycles. The highest BCUT2D eigenvalue weighted by Crippen LogP contribution is 2.21. The zero-order chi connectivity index (χ0) is 13.1. The van der Waals surface area contributed by atoms with Crippen LogP contribution in [0.15, 0.2) is 12.1 Å². The lowest BCUT2D eigenvalue weighted by molar-refractivity contribution is 0.0945. The molecule has 0 spiro atoms. The van der Waals surface area contributed by atoms with E-state index in [2.05, 4.69) is 20.8 Å². The molecule has 2 aliphatic rings. The van der Waals surface area contributed by atoms with Crippen molar-refractivity contribution in [1.82, 2.24) is 15.5 Å². The molecule has 102 valence electrons. The molecule has 5 nitrogen and oxygen atoms in total. The van der Waals surface area contributed by atoms with Gasteiger partial charge in [-0.25, -0.2) is 0 Å². The van der Waals surface area contributed by atoms with Gasteiger partial charge in [-0.15, -0.1) is 10.2 Å². The molecule has 0 bridgehead atoms. The van der Waals surface area contributed by atoms with Crippen LogP contribution < -0.4 is 10.6 Å². The second-order valence-corrected chi connectivity index (χ2v) is 5.53. The number of amides is 1. The van der Waals surface area contributed by atoms with Gasteiger partial charge in [0.25, 0.3) is 5.91 Å². The van der Waals surface area contributed by atoms with Crippen LogP contribution in [-0.4, -0.2) is 28.2 Å². The Morgan fingerprint density at radius 2 is 1.79 bits per heavy atom. The van der Waals surface area contributed by atoms with E-state index in [1.165, 1.54) is 32.1 Å². The summed E-state index contributed by atoms with van der Waals surface area (Å²) >= 11 is 0. The number of carbonyl (C=O) groups is 1. The third-order valence-corrected chi connectivity index (χ3v) is 3.77. The number of anilines is 1. The van der Waals surface area contributed by atoms with Crippen molar-refractivity contribution in [1.29, 1.82) is 0 Å². The molecule has 19 heavy (non-hydrogen) atoms. The molecule has 2 aliphatic carbocycles. The van der Waals surface area contributed by atoms with Crippen molar-refractivity contribution in [2.75, 3.05) is 5.32 Å². The van der Waals surface area contributed by atoms with Crippen LogP contribution in [0.3, 0.4) is 0 Å². The van der Waals surface area contributed by atoms with E-state index in [1.54, 1.807) is 6.07 Å². The largest absolute Gasteiger partial charge is 0.366 e. The minimum Gasteiger partial charge on any atom is -0.366 e. The number of nitrogens with zero attached hydrogens (tertiary/aromatic N) is 2. The molecule has 0 saturated heterocycles. The summed E-state index contributed by atoms with van der Waals surface area (Å²) in [6.45, 7) is 0. The Morgan fingerprint density at radius 1 is 1.00 bits per heavy atom. The van der Waals surface area contributed by atoms with Crippen molar-refractivity contribution in [3.8, 4) is 0 Å². The molecule has 1 aromatic rings.